The van der Waals surface area contributed by atoms with Crippen molar-refractivity contribution in [2.24, 2.45) is 5.92 Å². The van der Waals surface area contributed by atoms with E-state index in [0.29, 0.717) is 25.2 Å². The number of allylic oxidation sites excluding steroid dienone is 1. The second kappa shape index (κ2) is 7.02. The summed E-state index contributed by atoms with van der Waals surface area (Å²) in [6.07, 6.45) is 6.73. The Bertz CT molecular complexity index is 216. The Morgan fingerprint density at radius 3 is 2.62 bits per heavy atom. The van der Waals surface area contributed by atoms with Crippen molar-refractivity contribution in [2.75, 3.05) is 0 Å². The highest BCUT2D eigenvalue weighted by Gasteiger charge is 2.21. The van der Waals surface area contributed by atoms with Crippen LogP contribution in [-0.4, -0.2) is 28.6 Å². The van der Waals surface area contributed by atoms with Crippen molar-refractivity contribution in [1.29, 1.82) is 0 Å². The fourth-order valence-corrected chi connectivity index (χ4v) is 2.14. The van der Waals surface area contributed by atoms with E-state index in [9.17, 15) is 9.50 Å². The lowest BCUT2D eigenvalue weighted by molar-refractivity contribution is 0.164. The molecular formula is C13H23FO2. The van der Waals surface area contributed by atoms with Crippen molar-refractivity contribution in [3.63, 3.8) is 0 Å². The maximum atomic E-state index is 12.9. The fraction of sp³-hybridized carbons (Fsp3) is 0.846. The van der Waals surface area contributed by atoms with Gasteiger partial charge in [-0.1, -0.05) is 12.2 Å². The monoisotopic (exact) mass is 230 g/mol. The van der Waals surface area contributed by atoms with Crippen LogP contribution in [0.4, 0.5) is 4.39 Å². The van der Waals surface area contributed by atoms with Gasteiger partial charge >= 0.3 is 0 Å². The maximum Gasteiger partial charge on any atom is 0.101 e. The molecule has 94 valence electrons. The zero-order valence-corrected chi connectivity index (χ0v) is 9.98. The Morgan fingerprint density at radius 2 is 2.06 bits per heavy atom. The van der Waals surface area contributed by atoms with Crippen LogP contribution < -0.4 is 0 Å². The van der Waals surface area contributed by atoms with Crippen LogP contribution in [0.25, 0.3) is 0 Å². The fourth-order valence-electron chi connectivity index (χ4n) is 2.14. The lowest BCUT2D eigenvalue weighted by Crippen LogP contribution is -2.06. The summed E-state index contributed by atoms with van der Waals surface area (Å²) in [4.78, 5) is 0. The highest BCUT2D eigenvalue weighted by Crippen LogP contribution is 2.28. The molecular weight excluding hydrogens is 207 g/mol. The Balaban J connectivity index is 2.13. The molecule has 0 aromatic carbocycles. The van der Waals surface area contributed by atoms with E-state index in [1.165, 1.54) is 0 Å². The van der Waals surface area contributed by atoms with Gasteiger partial charge in [0.1, 0.15) is 6.17 Å². The third kappa shape index (κ3) is 5.61. The first-order valence-corrected chi connectivity index (χ1v) is 6.26. The highest BCUT2D eigenvalue weighted by molar-refractivity contribution is 4.96. The van der Waals surface area contributed by atoms with Crippen LogP contribution in [0.2, 0.25) is 0 Å². The average Bonchev–Trinajstić information content (AvgIpc) is 2.61. The van der Waals surface area contributed by atoms with E-state index in [1.54, 1.807) is 13.0 Å². The van der Waals surface area contributed by atoms with Crippen LogP contribution in [0.5, 0.6) is 0 Å². The van der Waals surface area contributed by atoms with Gasteiger partial charge in [0.05, 0.1) is 12.2 Å². The predicted octanol–water partition coefficient (Wildman–Crippen LogP) is 2.59. The number of aliphatic hydroxyl groups excluding tert-OH is 2. The van der Waals surface area contributed by atoms with E-state index in [-0.39, 0.29) is 6.10 Å². The standard InChI is InChI=1S/C13H23FO2/c1-10(15)3-2-4-13(16)8-6-11-5-7-12(14)9-11/h6,8,10-13,15-16H,2-5,7,9H2,1H3/b8-6+/t10-,11-,12-,13?/m1/s1. The molecule has 0 aliphatic heterocycles. The minimum absolute atomic E-state index is 0.293. The highest BCUT2D eigenvalue weighted by atomic mass is 19.1. The third-order valence-electron chi connectivity index (χ3n) is 3.14. The molecule has 1 fully saturated rings. The lowest BCUT2D eigenvalue weighted by Gasteiger charge is -2.08. The van der Waals surface area contributed by atoms with Crippen LogP contribution in [-0.2, 0) is 0 Å². The summed E-state index contributed by atoms with van der Waals surface area (Å²) in [5.41, 5.74) is 0. The quantitative estimate of drug-likeness (QED) is 0.689. The molecule has 1 aliphatic rings. The van der Waals surface area contributed by atoms with Gasteiger partial charge in [-0.2, -0.15) is 0 Å². The molecule has 0 aromatic rings. The maximum absolute atomic E-state index is 12.9. The van der Waals surface area contributed by atoms with E-state index < -0.39 is 12.3 Å². The summed E-state index contributed by atoms with van der Waals surface area (Å²) in [6.45, 7) is 1.75. The number of rotatable bonds is 6. The van der Waals surface area contributed by atoms with Gasteiger partial charge in [-0.15, -0.1) is 0 Å². The molecule has 1 unspecified atom stereocenters. The molecule has 0 aromatic heterocycles. The number of aliphatic hydroxyl groups is 2. The first kappa shape index (κ1) is 13.7. The van der Waals surface area contributed by atoms with Gasteiger partial charge in [-0.05, 0) is 51.4 Å². The summed E-state index contributed by atoms with van der Waals surface area (Å²) >= 11 is 0. The topological polar surface area (TPSA) is 40.5 Å². The molecule has 0 amide bonds. The molecule has 2 N–H and O–H groups in total. The first-order chi connectivity index (χ1) is 7.58. The zero-order chi connectivity index (χ0) is 12.0. The van der Waals surface area contributed by atoms with Crippen LogP contribution in [0.15, 0.2) is 12.2 Å². The van der Waals surface area contributed by atoms with Gasteiger partial charge in [0, 0.05) is 0 Å². The van der Waals surface area contributed by atoms with Crippen molar-refractivity contribution in [1.82, 2.24) is 0 Å². The number of alkyl halides is 1. The molecule has 1 rings (SSSR count). The van der Waals surface area contributed by atoms with E-state index in [2.05, 4.69) is 0 Å². The number of hydrogen-bond acceptors (Lipinski definition) is 2. The summed E-state index contributed by atoms with van der Waals surface area (Å²) < 4.78 is 12.9. The van der Waals surface area contributed by atoms with Crippen molar-refractivity contribution in [3.8, 4) is 0 Å². The van der Waals surface area contributed by atoms with Crippen LogP contribution in [0, 0.1) is 5.92 Å². The largest absolute Gasteiger partial charge is 0.393 e. The molecule has 4 atom stereocenters. The van der Waals surface area contributed by atoms with Gasteiger partial charge in [0.15, 0.2) is 0 Å². The summed E-state index contributed by atoms with van der Waals surface area (Å²) in [5.74, 6) is 0.307. The Hall–Kier alpha value is -0.410. The molecule has 0 spiro atoms. The average molecular weight is 230 g/mol. The second-order valence-corrected chi connectivity index (χ2v) is 4.90. The first-order valence-electron chi connectivity index (χ1n) is 6.26. The molecule has 2 nitrogen and oxygen atoms in total. The van der Waals surface area contributed by atoms with E-state index in [4.69, 9.17) is 5.11 Å². The molecule has 1 aliphatic carbocycles. The van der Waals surface area contributed by atoms with E-state index >= 15 is 0 Å². The summed E-state index contributed by atoms with van der Waals surface area (Å²) in [6, 6.07) is 0. The van der Waals surface area contributed by atoms with Crippen LogP contribution >= 0.6 is 0 Å². The van der Waals surface area contributed by atoms with Gasteiger partial charge in [0.2, 0.25) is 0 Å². The molecule has 3 heteroatoms. The van der Waals surface area contributed by atoms with Crippen molar-refractivity contribution >= 4 is 0 Å². The van der Waals surface area contributed by atoms with E-state index in [0.717, 1.165) is 19.3 Å². The minimum Gasteiger partial charge on any atom is -0.393 e. The van der Waals surface area contributed by atoms with Crippen molar-refractivity contribution in [3.05, 3.63) is 12.2 Å². The van der Waals surface area contributed by atoms with Gasteiger partial charge in [0.25, 0.3) is 0 Å². The normalized spacial score (nSPS) is 29.8. The van der Waals surface area contributed by atoms with E-state index in [1.807, 2.05) is 6.08 Å². The number of hydrogen-bond donors (Lipinski definition) is 2. The lowest BCUT2D eigenvalue weighted by atomic mass is 10.0. The van der Waals surface area contributed by atoms with Gasteiger partial charge < -0.3 is 10.2 Å². The number of halogens is 1. The van der Waals surface area contributed by atoms with Gasteiger partial charge in [-0.25, -0.2) is 4.39 Å². The molecule has 0 bridgehead atoms. The SMILES string of the molecule is C[C@@H](O)CCCC(O)/C=C/[C@H]1CC[C@@H](F)C1. The molecule has 1 saturated carbocycles. The molecule has 0 heterocycles. The smallest absolute Gasteiger partial charge is 0.101 e. The van der Waals surface area contributed by atoms with Crippen molar-refractivity contribution in [2.45, 2.75) is 63.8 Å². The second-order valence-electron chi connectivity index (χ2n) is 4.90. The van der Waals surface area contributed by atoms with Crippen LogP contribution in [0.3, 0.4) is 0 Å². The Labute approximate surface area is 97.2 Å². The minimum atomic E-state index is -0.651. The summed E-state index contributed by atoms with van der Waals surface area (Å²) in [5, 5.41) is 18.7. The van der Waals surface area contributed by atoms with Crippen LogP contribution in [0.1, 0.15) is 45.4 Å². The Kier molecular flexibility index (Phi) is 5.99. The molecule has 0 saturated heterocycles. The predicted molar refractivity (Wildman–Crippen MR) is 62.9 cm³/mol. The molecule has 0 radical (unpaired) electrons. The zero-order valence-electron chi connectivity index (χ0n) is 9.98. The van der Waals surface area contributed by atoms with Crippen molar-refractivity contribution < 1.29 is 14.6 Å². The molecule has 16 heavy (non-hydrogen) atoms. The van der Waals surface area contributed by atoms with Gasteiger partial charge in [-0.3, -0.25) is 0 Å². The Morgan fingerprint density at radius 1 is 1.31 bits per heavy atom. The summed E-state index contributed by atoms with van der Waals surface area (Å²) in [7, 11) is 0. The third-order valence-corrected chi connectivity index (χ3v) is 3.14.